The Morgan fingerprint density at radius 3 is 2.77 bits per heavy atom. The van der Waals surface area contributed by atoms with Gasteiger partial charge in [-0.15, -0.1) is 0 Å². The average Bonchev–Trinajstić information content (AvgIpc) is 2.62. The van der Waals surface area contributed by atoms with Crippen LogP contribution in [0.1, 0.15) is 24.8 Å². The molecule has 0 bridgehead atoms. The van der Waals surface area contributed by atoms with Crippen molar-refractivity contribution in [1.29, 1.82) is 0 Å². The van der Waals surface area contributed by atoms with Crippen LogP contribution in [0.15, 0.2) is 24.3 Å². The third-order valence-corrected chi connectivity index (χ3v) is 5.74. The van der Waals surface area contributed by atoms with Gasteiger partial charge in [0, 0.05) is 50.8 Å². The van der Waals surface area contributed by atoms with Crippen LogP contribution in [0.4, 0.5) is 4.79 Å². The standard InChI is InChI=1S/C20H31ClN4O/c1-23-9-3-5-17(15-23)7-8-22-20(26)25-12-10-24(11-13-25)16-18-4-2-6-19(21)14-18/h2,4,6,14,17H,3,5,7-13,15-16H2,1H3,(H,22,26)/t17-/m1/s1. The lowest BCUT2D eigenvalue weighted by Crippen LogP contribution is -2.51. The van der Waals surface area contributed by atoms with Crippen LogP contribution in [-0.2, 0) is 6.54 Å². The summed E-state index contributed by atoms with van der Waals surface area (Å²) >= 11 is 6.06. The van der Waals surface area contributed by atoms with Crippen LogP contribution in [0.3, 0.4) is 0 Å². The summed E-state index contributed by atoms with van der Waals surface area (Å²) in [4.78, 5) is 19.1. The Hall–Kier alpha value is -1.30. The zero-order chi connectivity index (χ0) is 18.4. The molecule has 1 atom stereocenters. The zero-order valence-electron chi connectivity index (χ0n) is 15.8. The summed E-state index contributed by atoms with van der Waals surface area (Å²) in [5, 5.41) is 3.90. The van der Waals surface area contributed by atoms with Crippen LogP contribution < -0.4 is 5.32 Å². The fourth-order valence-electron chi connectivity index (χ4n) is 4.01. The van der Waals surface area contributed by atoms with Gasteiger partial charge in [-0.3, -0.25) is 4.90 Å². The molecule has 0 unspecified atom stereocenters. The van der Waals surface area contributed by atoms with Crippen molar-refractivity contribution in [3.8, 4) is 0 Å². The normalized spacial score (nSPS) is 22.4. The Bertz CT molecular complexity index is 589. The summed E-state index contributed by atoms with van der Waals surface area (Å²) < 4.78 is 0. The Labute approximate surface area is 162 Å². The van der Waals surface area contributed by atoms with Crippen molar-refractivity contribution in [1.82, 2.24) is 20.0 Å². The fraction of sp³-hybridized carbons (Fsp3) is 0.650. The third kappa shape index (κ3) is 5.86. The molecule has 2 amide bonds. The fourth-order valence-corrected chi connectivity index (χ4v) is 4.22. The molecule has 1 aromatic carbocycles. The topological polar surface area (TPSA) is 38.8 Å². The lowest BCUT2D eigenvalue weighted by molar-refractivity contribution is 0.134. The molecule has 5 nitrogen and oxygen atoms in total. The van der Waals surface area contributed by atoms with Crippen molar-refractivity contribution in [2.24, 2.45) is 5.92 Å². The second-order valence-electron chi connectivity index (χ2n) is 7.68. The minimum absolute atomic E-state index is 0.0940. The largest absolute Gasteiger partial charge is 0.338 e. The van der Waals surface area contributed by atoms with E-state index in [2.05, 4.69) is 28.2 Å². The van der Waals surface area contributed by atoms with Crippen molar-refractivity contribution < 1.29 is 4.79 Å². The molecule has 2 aliphatic heterocycles. The summed E-state index contributed by atoms with van der Waals surface area (Å²) in [5.74, 6) is 0.726. The first-order valence-corrected chi connectivity index (χ1v) is 10.2. The molecule has 3 rings (SSSR count). The van der Waals surface area contributed by atoms with Gasteiger partial charge >= 0.3 is 6.03 Å². The number of piperazine rings is 1. The van der Waals surface area contributed by atoms with Gasteiger partial charge < -0.3 is 15.1 Å². The van der Waals surface area contributed by atoms with E-state index in [1.165, 1.54) is 24.9 Å². The second kappa shape index (κ2) is 9.58. The first kappa shape index (κ1) is 19.5. The molecule has 1 N–H and O–H groups in total. The van der Waals surface area contributed by atoms with E-state index in [-0.39, 0.29) is 6.03 Å². The molecule has 6 heteroatoms. The lowest BCUT2D eigenvalue weighted by atomic mass is 9.95. The van der Waals surface area contributed by atoms with Crippen LogP contribution in [0.2, 0.25) is 5.02 Å². The highest BCUT2D eigenvalue weighted by molar-refractivity contribution is 6.30. The number of hydrogen-bond donors (Lipinski definition) is 1. The Morgan fingerprint density at radius 2 is 2.04 bits per heavy atom. The van der Waals surface area contributed by atoms with Crippen LogP contribution in [0.25, 0.3) is 0 Å². The molecule has 0 radical (unpaired) electrons. The summed E-state index contributed by atoms with van der Waals surface area (Å²) in [7, 11) is 2.19. The smallest absolute Gasteiger partial charge is 0.317 e. The van der Waals surface area contributed by atoms with E-state index in [4.69, 9.17) is 11.6 Å². The van der Waals surface area contributed by atoms with Crippen LogP contribution >= 0.6 is 11.6 Å². The minimum atomic E-state index is 0.0940. The van der Waals surface area contributed by atoms with Crippen molar-refractivity contribution in [2.75, 3.05) is 52.9 Å². The van der Waals surface area contributed by atoms with E-state index < -0.39 is 0 Å². The van der Waals surface area contributed by atoms with E-state index in [0.717, 1.165) is 63.2 Å². The summed E-state index contributed by atoms with van der Waals surface area (Å²) in [6.07, 6.45) is 3.66. The quantitative estimate of drug-likeness (QED) is 0.856. The molecule has 144 valence electrons. The van der Waals surface area contributed by atoms with Crippen LogP contribution in [-0.4, -0.2) is 73.6 Å². The van der Waals surface area contributed by atoms with Gasteiger partial charge in [0.25, 0.3) is 0 Å². The number of benzene rings is 1. The maximum Gasteiger partial charge on any atom is 0.317 e. The molecule has 1 aromatic rings. The highest BCUT2D eigenvalue weighted by Crippen LogP contribution is 2.18. The Morgan fingerprint density at radius 1 is 1.23 bits per heavy atom. The number of halogens is 1. The zero-order valence-corrected chi connectivity index (χ0v) is 16.5. The SMILES string of the molecule is CN1CCC[C@H](CCNC(=O)N2CCN(Cc3cccc(Cl)c3)CC2)C1. The molecule has 0 spiro atoms. The minimum Gasteiger partial charge on any atom is -0.338 e. The van der Waals surface area contributed by atoms with Crippen molar-refractivity contribution >= 4 is 17.6 Å². The molecule has 2 aliphatic rings. The number of piperidine rings is 1. The predicted octanol–water partition coefficient (Wildman–Crippen LogP) is 2.90. The van der Waals surface area contributed by atoms with Gasteiger partial charge in [-0.05, 0) is 56.5 Å². The molecule has 2 fully saturated rings. The van der Waals surface area contributed by atoms with E-state index in [9.17, 15) is 4.79 Å². The van der Waals surface area contributed by atoms with Crippen molar-refractivity contribution in [2.45, 2.75) is 25.8 Å². The predicted molar refractivity (Wildman–Crippen MR) is 107 cm³/mol. The van der Waals surface area contributed by atoms with Gasteiger partial charge in [0.2, 0.25) is 0 Å². The first-order valence-electron chi connectivity index (χ1n) is 9.78. The first-order chi connectivity index (χ1) is 12.6. The van der Waals surface area contributed by atoms with Gasteiger partial charge in [0.05, 0.1) is 0 Å². The molecule has 2 saturated heterocycles. The number of amides is 2. The molecule has 0 saturated carbocycles. The van der Waals surface area contributed by atoms with Gasteiger partial charge in [0.15, 0.2) is 0 Å². The van der Waals surface area contributed by atoms with Crippen LogP contribution in [0.5, 0.6) is 0 Å². The maximum absolute atomic E-state index is 12.4. The summed E-state index contributed by atoms with van der Waals surface area (Å²) in [6.45, 7) is 7.46. The van der Waals surface area contributed by atoms with E-state index in [1.807, 2.05) is 23.1 Å². The Balaban J connectivity index is 1.34. The number of nitrogens with zero attached hydrogens (tertiary/aromatic N) is 3. The number of likely N-dealkylation sites (tertiary alicyclic amines) is 1. The number of urea groups is 1. The number of rotatable bonds is 5. The third-order valence-electron chi connectivity index (χ3n) is 5.51. The van der Waals surface area contributed by atoms with Gasteiger partial charge in [-0.25, -0.2) is 4.79 Å². The lowest BCUT2D eigenvalue weighted by Gasteiger charge is -2.35. The summed E-state index contributed by atoms with van der Waals surface area (Å²) in [5.41, 5.74) is 1.23. The van der Waals surface area contributed by atoms with Crippen molar-refractivity contribution in [3.05, 3.63) is 34.9 Å². The molecule has 26 heavy (non-hydrogen) atoms. The van der Waals surface area contributed by atoms with E-state index in [1.54, 1.807) is 0 Å². The van der Waals surface area contributed by atoms with E-state index >= 15 is 0 Å². The molecule has 0 aromatic heterocycles. The van der Waals surface area contributed by atoms with Crippen LogP contribution in [0, 0.1) is 5.92 Å². The highest BCUT2D eigenvalue weighted by Gasteiger charge is 2.22. The summed E-state index contributed by atoms with van der Waals surface area (Å²) in [6, 6.07) is 8.11. The molecule has 2 heterocycles. The number of hydrogen-bond acceptors (Lipinski definition) is 3. The number of carbonyl (C=O) groups excluding carboxylic acids is 1. The van der Waals surface area contributed by atoms with E-state index in [0.29, 0.717) is 0 Å². The molecule has 0 aliphatic carbocycles. The Kier molecular flexibility index (Phi) is 7.17. The van der Waals surface area contributed by atoms with Gasteiger partial charge in [-0.1, -0.05) is 23.7 Å². The highest BCUT2D eigenvalue weighted by atomic mass is 35.5. The van der Waals surface area contributed by atoms with Gasteiger partial charge in [0.1, 0.15) is 0 Å². The average molecular weight is 379 g/mol. The number of carbonyl (C=O) groups is 1. The van der Waals surface area contributed by atoms with Crippen molar-refractivity contribution in [3.63, 3.8) is 0 Å². The monoisotopic (exact) mass is 378 g/mol. The maximum atomic E-state index is 12.4. The second-order valence-corrected chi connectivity index (χ2v) is 8.12. The molecular weight excluding hydrogens is 348 g/mol. The molecular formula is C20H31ClN4O. The van der Waals surface area contributed by atoms with Gasteiger partial charge in [-0.2, -0.15) is 0 Å². The number of nitrogens with one attached hydrogen (secondary N) is 1.